The van der Waals surface area contributed by atoms with Crippen molar-refractivity contribution in [1.29, 1.82) is 5.41 Å². The van der Waals surface area contributed by atoms with Crippen LogP contribution in [0.1, 0.15) is 23.7 Å². The van der Waals surface area contributed by atoms with Gasteiger partial charge in [0.05, 0.1) is 11.3 Å². The van der Waals surface area contributed by atoms with E-state index < -0.39 is 0 Å². The average Bonchev–Trinajstić information content (AvgIpc) is 2.25. The minimum absolute atomic E-state index is 0.0154. The van der Waals surface area contributed by atoms with Crippen molar-refractivity contribution >= 4 is 23.5 Å². The number of carbonyl (C=O) groups excluding carboxylic acids is 1. The van der Waals surface area contributed by atoms with Crippen LogP contribution in [0, 0.1) is 19.3 Å². The van der Waals surface area contributed by atoms with Crippen molar-refractivity contribution in [2.24, 2.45) is 5.73 Å². The van der Waals surface area contributed by atoms with E-state index in [-0.39, 0.29) is 17.5 Å². The van der Waals surface area contributed by atoms with Gasteiger partial charge >= 0.3 is 0 Å². The number of pyridine rings is 1. The number of nitrogen functional groups attached to an aromatic ring is 1. The zero-order chi connectivity index (χ0) is 13.7. The van der Waals surface area contributed by atoms with Crippen molar-refractivity contribution in [2.45, 2.75) is 25.8 Å². The van der Waals surface area contributed by atoms with E-state index in [0.29, 0.717) is 17.1 Å². The predicted molar refractivity (Wildman–Crippen MR) is 74.1 cm³/mol. The number of aryl methyl sites for hydroxylation is 2. The fraction of sp³-hybridized carbons (Fsp3) is 0.417. The van der Waals surface area contributed by atoms with Crippen molar-refractivity contribution in [3.63, 3.8) is 0 Å². The standard InChI is InChI=1S/C12H18N4OS/c1-4-15-9(17)6-18-12-10(11(13)14)7(2)5-8(3)16-12/h5H,4,6H2,1-3H3,(H3,13,14)(H,15,17). The van der Waals surface area contributed by atoms with Crippen LogP contribution in [0.5, 0.6) is 0 Å². The number of amidine groups is 1. The molecule has 0 radical (unpaired) electrons. The lowest BCUT2D eigenvalue weighted by atomic mass is 10.1. The number of nitrogens with two attached hydrogens (primary N) is 1. The molecule has 0 saturated heterocycles. The van der Waals surface area contributed by atoms with Crippen molar-refractivity contribution in [2.75, 3.05) is 12.3 Å². The second kappa shape index (κ2) is 6.39. The maximum atomic E-state index is 11.4. The van der Waals surface area contributed by atoms with Crippen LogP contribution in [0.25, 0.3) is 0 Å². The lowest BCUT2D eigenvalue weighted by Crippen LogP contribution is -2.25. The second-order valence-electron chi connectivity index (χ2n) is 3.92. The van der Waals surface area contributed by atoms with E-state index in [0.717, 1.165) is 11.3 Å². The Labute approximate surface area is 111 Å². The van der Waals surface area contributed by atoms with E-state index >= 15 is 0 Å². The normalized spacial score (nSPS) is 10.2. The zero-order valence-corrected chi connectivity index (χ0v) is 11.6. The van der Waals surface area contributed by atoms with Gasteiger partial charge in [0.15, 0.2) is 0 Å². The van der Waals surface area contributed by atoms with E-state index in [1.165, 1.54) is 11.8 Å². The van der Waals surface area contributed by atoms with Crippen molar-refractivity contribution in [3.8, 4) is 0 Å². The highest BCUT2D eigenvalue weighted by Gasteiger charge is 2.13. The summed E-state index contributed by atoms with van der Waals surface area (Å²) in [5, 5.41) is 10.9. The van der Waals surface area contributed by atoms with Gasteiger partial charge in [-0.05, 0) is 32.4 Å². The highest BCUT2D eigenvalue weighted by atomic mass is 32.2. The smallest absolute Gasteiger partial charge is 0.230 e. The summed E-state index contributed by atoms with van der Waals surface area (Å²) >= 11 is 1.31. The largest absolute Gasteiger partial charge is 0.384 e. The lowest BCUT2D eigenvalue weighted by Gasteiger charge is -2.11. The molecule has 0 aliphatic rings. The molecular weight excluding hydrogens is 248 g/mol. The summed E-state index contributed by atoms with van der Waals surface area (Å²) in [4.78, 5) is 15.8. The molecule has 0 aromatic carbocycles. The Morgan fingerprint density at radius 2 is 2.22 bits per heavy atom. The molecule has 6 heteroatoms. The van der Waals surface area contributed by atoms with Gasteiger partial charge in [0.25, 0.3) is 0 Å². The van der Waals surface area contributed by atoms with Crippen LogP contribution in [0.15, 0.2) is 11.1 Å². The third-order valence-corrected chi connectivity index (χ3v) is 3.27. The Hall–Kier alpha value is -1.56. The summed E-state index contributed by atoms with van der Waals surface area (Å²) in [6.45, 7) is 6.26. The van der Waals surface area contributed by atoms with Crippen LogP contribution in [-0.2, 0) is 4.79 Å². The highest BCUT2D eigenvalue weighted by Crippen LogP contribution is 2.23. The maximum Gasteiger partial charge on any atom is 0.230 e. The lowest BCUT2D eigenvalue weighted by molar-refractivity contribution is -0.118. The van der Waals surface area contributed by atoms with Gasteiger partial charge < -0.3 is 11.1 Å². The minimum atomic E-state index is -0.0436. The first-order valence-electron chi connectivity index (χ1n) is 5.67. The van der Waals surface area contributed by atoms with Crippen molar-refractivity contribution < 1.29 is 4.79 Å². The molecule has 1 heterocycles. The Balaban J connectivity index is 2.93. The molecule has 1 aromatic heterocycles. The molecular formula is C12H18N4OS. The molecule has 0 spiro atoms. The SMILES string of the molecule is CCNC(=O)CSc1nc(C)cc(C)c1C(=N)N. The molecule has 0 aliphatic heterocycles. The summed E-state index contributed by atoms with van der Waals surface area (Å²) in [5.74, 6) is 0.223. The second-order valence-corrected chi connectivity index (χ2v) is 4.88. The zero-order valence-electron chi connectivity index (χ0n) is 10.8. The summed E-state index contributed by atoms with van der Waals surface area (Å²) in [6.07, 6.45) is 0. The van der Waals surface area contributed by atoms with Crippen LogP contribution in [0.4, 0.5) is 0 Å². The van der Waals surface area contributed by atoms with Gasteiger partial charge in [0, 0.05) is 12.2 Å². The number of hydrogen-bond acceptors (Lipinski definition) is 4. The van der Waals surface area contributed by atoms with Gasteiger partial charge in [-0.2, -0.15) is 0 Å². The Morgan fingerprint density at radius 1 is 1.56 bits per heavy atom. The molecule has 5 nitrogen and oxygen atoms in total. The van der Waals surface area contributed by atoms with Crippen molar-refractivity contribution in [3.05, 3.63) is 22.9 Å². The summed E-state index contributed by atoms with van der Waals surface area (Å²) in [6, 6.07) is 1.88. The predicted octanol–water partition coefficient (Wildman–Crippen LogP) is 1.21. The molecule has 0 saturated carbocycles. The summed E-state index contributed by atoms with van der Waals surface area (Å²) in [5.41, 5.74) is 7.95. The molecule has 18 heavy (non-hydrogen) atoms. The van der Waals surface area contributed by atoms with Gasteiger partial charge in [-0.25, -0.2) is 4.98 Å². The Morgan fingerprint density at radius 3 is 2.78 bits per heavy atom. The summed E-state index contributed by atoms with van der Waals surface area (Å²) < 4.78 is 0. The maximum absolute atomic E-state index is 11.4. The van der Waals surface area contributed by atoms with Crippen molar-refractivity contribution in [1.82, 2.24) is 10.3 Å². The number of nitrogens with one attached hydrogen (secondary N) is 2. The van der Waals surface area contributed by atoms with E-state index in [4.69, 9.17) is 11.1 Å². The molecule has 0 unspecified atom stereocenters. The molecule has 0 bridgehead atoms. The third-order valence-electron chi connectivity index (χ3n) is 2.29. The molecule has 98 valence electrons. The fourth-order valence-electron chi connectivity index (χ4n) is 1.62. The number of rotatable bonds is 5. The minimum Gasteiger partial charge on any atom is -0.384 e. The first kappa shape index (κ1) is 14.5. The number of aromatic nitrogens is 1. The average molecular weight is 266 g/mol. The number of nitrogens with zero attached hydrogens (tertiary/aromatic N) is 1. The van der Waals surface area contributed by atoms with E-state index in [1.54, 1.807) is 0 Å². The van der Waals surface area contributed by atoms with E-state index in [2.05, 4.69) is 10.3 Å². The molecule has 1 aromatic rings. The molecule has 4 N–H and O–H groups in total. The van der Waals surface area contributed by atoms with Crippen LogP contribution in [0.3, 0.4) is 0 Å². The van der Waals surface area contributed by atoms with Gasteiger partial charge in [0.1, 0.15) is 10.9 Å². The van der Waals surface area contributed by atoms with Crippen LogP contribution in [0.2, 0.25) is 0 Å². The van der Waals surface area contributed by atoms with Gasteiger partial charge in [-0.1, -0.05) is 11.8 Å². The number of amides is 1. The molecule has 0 atom stereocenters. The fourth-order valence-corrected chi connectivity index (χ4v) is 2.61. The monoisotopic (exact) mass is 266 g/mol. The van der Waals surface area contributed by atoms with Crippen LogP contribution in [-0.4, -0.2) is 29.0 Å². The topological polar surface area (TPSA) is 91.9 Å². The van der Waals surface area contributed by atoms with Crippen LogP contribution >= 0.6 is 11.8 Å². The van der Waals surface area contributed by atoms with Gasteiger partial charge in [-0.3, -0.25) is 10.2 Å². The first-order chi connectivity index (χ1) is 8.45. The Bertz CT molecular complexity index is 473. The molecule has 1 rings (SSSR count). The molecule has 0 aliphatic carbocycles. The number of carbonyl (C=O) groups is 1. The summed E-state index contributed by atoms with van der Waals surface area (Å²) in [7, 11) is 0. The first-order valence-corrected chi connectivity index (χ1v) is 6.66. The van der Waals surface area contributed by atoms with Gasteiger partial charge in [0.2, 0.25) is 5.91 Å². The quantitative estimate of drug-likeness (QED) is 0.424. The highest BCUT2D eigenvalue weighted by molar-refractivity contribution is 8.00. The van der Waals surface area contributed by atoms with E-state index in [9.17, 15) is 4.79 Å². The third kappa shape index (κ3) is 3.73. The number of hydrogen-bond donors (Lipinski definition) is 3. The number of thioether (sulfide) groups is 1. The molecule has 0 fully saturated rings. The molecule has 1 amide bonds. The van der Waals surface area contributed by atoms with E-state index in [1.807, 2.05) is 26.8 Å². The van der Waals surface area contributed by atoms with Crippen LogP contribution < -0.4 is 11.1 Å². The van der Waals surface area contributed by atoms with Gasteiger partial charge in [-0.15, -0.1) is 0 Å². The Kier molecular flexibility index (Phi) is 5.15.